The first-order valence-corrected chi connectivity index (χ1v) is 10.4. The summed E-state index contributed by atoms with van der Waals surface area (Å²) in [6.07, 6.45) is 0.789. The minimum atomic E-state index is -3.35. The maximum absolute atomic E-state index is 12.0. The lowest BCUT2D eigenvalue weighted by molar-refractivity contribution is -0.141. The molecule has 1 fully saturated rings. The third kappa shape index (κ3) is 4.84. The lowest BCUT2D eigenvalue weighted by atomic mass is 9.97. The summed E-state index contributed by atoms with van der Waals surface area (Å²) in [6.45, 7) is 0.0225. The predicted molar refractivity (Wildman–Crippen MR) is 102 cm³/mol. The van der Waals surface area contributed by atoms with Gasteiger partial charge < -0.3 is 10.4 Å². The van der Waals surface area contributed by atoms with Crippen molar-refractivity contribution in [3.05, 3.63) is 48.0 Å². The average molecular weight is 390 g/mol. The lowest BCUT2D eigenvalue weighted by Gasteiger charge is -2.17. The number of hydrogen-bond donors (Lipinski definition) is 2. The van der Waals surface area contributed by atoms with Crippen molar-refractivity contribution in [2.75, 3.05) is 25.4 Å². The van der Waals surface area contributed by atoms with E-state index in [9.17, 15) is 23.1 Å². The molecule has 0 aliphatic carbocycles. The number of carboxylic acid groups (broad SMARTS) is 1. The molecule has 3 rings (SSSR count). The molecule has 1 amide bonds. The zero-order chi connectivity index (χ0) is 19.4. The van der Waals surface area contributed by atoms with E-state index in [4.69, 9.17) is 0 Å². The number of hydrogen-bond acceptors (Lipinski definition) is 4. The van der Waals surface area contributed by atoms with Crippen LogP contribution in [0.15, 0.2) is 42.5 Å². The molecule has 0 radical (unpaired) electrons. The van der Waals surface area contributed by atoms with Crippen LogP contribution < -0.4 is 5.32 Å². The number of aliphatic carboxylic acids is 1. The molecule has 2 N–H and O–H groups in total. The van der Waals surface area contributed by atoms with Gasteiger partial charge in [-0.2, -0.15) is 4.31 Å². The first-order chi connectivity index (χ1) is 12.8. The molecule has 27 heavy (non-hydrogen) atoms. The van der Waals surface area contributed by atoms with Crippen molar-refractivity contribution in [2.45, 2.75) is 12.8 Å². The Morgan fingerprint density at radius 1 is 1.15 bits per heavy atom. The molecule has 1 aliphatic heterocycles. The van der Waals surface area contributed by atoms with E-state index >= 15 is 0 Å². The minimum Gasteiger partial charge on any atom is -0.481 e. The van der Waals surface area contributed by atoms with E-state index in [0.717, 1.165) is 20.6 Å². The largest absolute Gasteiger partial charge is 0.481 e. The number of benzene rings is 2. The highest BCUT2D eigenvalue weighted by Crippen LogP contribution is 2.18. The summed E-state index contributed by atoms with van der Waals surface area (Å²) in [7, 11) is -3.35. The third-order valence-corrected chi connectivity index (χ3v) is 6.62. The predicted octanol–water partition coefficient (Wildman–Crippen LogP) is 1.23. The number of nitrogens with one attached hydrogen (secondary N) is 1. The highest BCUT2D eigenvalue weighted by molar-refractivity contribution is 7.89. The van der Waals surface area contributed by atoms with Crippen molar-refractivity contribution in [1.29, 1.82) is 0 Å². The molecule has 1 atom stereocenters. The molecule has 1 heterocycles. The fraction of sp³-hybridized carbons (Fsp3) is 0.368. The van der Waals surface area contributed by atoms with Gasteiger partial charge in [0.2, 0.25) is 15.9 Å². The summed E-state index contributed by atoms with van der Waals surface area (Å²) in [6, 6.07) is 13.6. The molecule has 144 valence electrons. The summed E-state index contributed by atoms with van der Waals surface area (Å²) >= 11 is 0. The number of amides is 1. The minimum absolute atomic E-state index is 0.0467. The zero-order valence-electron chi connectivity index (χ0n) is 14.8. The second-order valence-corrected chi connectivity index (χ2v) is 8.82. The quantitative estimate of drug-likeness (QED) is 0.740. The number of sulfonamides is 1. The maximum atomic E-state index is 12.0. The van der Waals surface area contributed by atoms with Crippen LogP contribution >= 0.6 is 0 Å². The summed E-state index contributed by atoms with van der Waals surface area (Å²) in [5.74, 6) is -2.22. The molecular weight excluding hydrogens is 368 g/mol. The van der Waals surface area contributed by atoms with Gasteiger partial charge in [0.15, 0.2) is 0 Å². The van der Waals surface area contributed by atoms with Gasteiger partial charge in [0.25, 0.3) is 0 Å². The van der Waals surface area contributed by atoms with Crippen LogP contribution in [0.25, 0.3) is 10.8 Å². The van der Waals surface area contributed by atoms with Crippen molar-refractivity contribution in [1.82, 2.24) is 9.62 Å². The molecule has 8 heteroatoms. The molecule has 0 saturated carbocycles. The van der Waals surface area contributed by atoms with Crippen LogP contribution in [0.4, 0.5) is 0 Å². The highest BCUT2D eigenvalue weighted by Gasteiger charge is 2.30. The van der Waals surface area contributed by atoms with E-state index in [-0.39, 0.29) is 25.3 Å². The monoisotopic (exact) mass is 390 g/mol. The smallest absolute Gasteiger partial charge is 0.308 e. The van der Waals surface area contributed by atoms with Crippen LogP contribution in [0.1, 0.15) is 12.0 Å². The zero-order valence-corrected chi connectivity index (χ0v) is 15.6. The first kappa shape index (κ1) is 19.3. The average Bonchev–Trinajstić information content (AvgIpc) is 2.96. The SMILES string of the molecule is O=C(CN1CCCS1(=O)=O)NCC(Cc1ccc2ccccc2c1)C(=O)O. The molecule has 1 saturated heterocycles. The van der Waals surface area contributed by atoms with Gasteiger partial charge in [-0.3, -0.25) is 9.59 Å². The Morgan fingerprint density at radius 3 is 2.56 bits per heavy atom. The number of carbonyl (C=O) groups excluding carboxylic acids is 1. The summed E-state index contributed by atoms with van der Waals surface area (Å²) in [4.78, 5) is 23.6. The first-order valence-electron chi connectivity index (χ1n) is 8.80. The summed E-state index contributed by atoms with van der Waals surface area (Å²) in [5, 5.41) is 14.1. The van der Waals surface area contributed by atoms with Crippen LogP contribution in [-0.2, 0) is 26.0 Å². The van der Waals surface area contributed by atoms with E-state index in [1.165, 1.54) is 0 Å². The standard InChI is InChI=1S/C19H22N2O5S/c22-18(13-21-8-3-9-27(21,25)26)20-12-17(19(23)24)11-14-6-7-15-4-1-2-5-16(15)10-14/h1-2,4-7,10,17H,3,8-9,11-13H2,(H,20,22)(H,23,24). The van der Waals surface area contributed by atoms with Gasteiger partial charge in [0.05, 0.1) is 18.2 Å². The second kappa shape index (κ2) is 8.06. The van der Waals surface area contributed by atoms with E-state index < -0.39 is 27.8 Å². The number of rotatable bonds is 7. The Bertz CT molecular complexity index is 957. The van der Waals surface area contributed by atoms with Gasteiger partial charge in [0, 0.05) is 13.1 Å². The molecule has 0 aromatic heterocycles. The topological polar surface area (TPSA) is 104 Å². The fourth-order valence-corrected chi connectivity index (χ4v) is 4.69. The van der Waals surface area contributed by atoms with Crippen LogP contribution in [0.3, 0.4) is 0 Å². The Balaban J connectivity index is 1.60. The molecule has 2 aromatic carbocycles. The Labute approximate surface area is 158 Å². The fourth-order valence-electron chi connectivity index (χ4n) is 3.22. The van der Waals surface area contributed by atoms with Gasteiger partial charge in [-0.1, -0.05) is 42.5 Å². The number of carboxylic acids is 1. The summed E-state index contributed by atoms with van der Waals surface area (Å²) < 4.78 is 24.6. The third-order valence-electron chi connectivity index (χ3n) is 4.71. The molecule has 2 aromatic rings. The van der Waals surface area contributed by atoms with E-state index in [0.29, 0.717) is 13.0 Å². The summed E-state index contributed by atoms with van der Waals surface area (Å²) in [5.41, 5.74) is 0.873. The molecule has 1 aliphatic rings. The number of nitrogens with zero attached hydrogens (tertiary/aromatic N) is 1. The van der Waals surface area contributed by atoms with Crippen molar-refractivity contribution in [3.63, 3.8) is 0 Å². The maximum Gasteiger partial charge on any atom is 0.308 e. The number of carbonyl (C=O) groups is 2. The molecule has 7 nitrogen and oxygen atoms in total. The van der Waals surface area contributed by atoms with Gasteiger partial charge in [-0.25, -0.2) is 8.42 Å². The van der Waals surface area contributed by atoms with E-state index in [2.05, 4.69) is 5.32 Å². The molecule has 0 bridgehead atoms. The molecular formula is C19H22N2O5S. The van der Waals surface area contributed by atoms with Crippen LogP contribution in [0.5, 0.6) is 0 Å². The van der Waals surface area contributed by atoms with Gasteiger partial charge >= 0.3 is 5.97 Å². The Kier molecular flexibility index (Phi) is 5.76. The van der Waals surface area contributed by atoms with Crippen molar-refractivity contribution in [3.8, 4) is 0 Å². The van der Waals surface area contributed by atoms with Gasteiger partial charge in [-0.15, -0.1) is 0 Å². The number of fused-ring (bicyclic) bond motifs is 1. The van der Waals surface area contributed by atoms with Gasteiger partial charge in [0.1, 0.15) is 0 Å². The van der Waals surface area contributed by atoms with Gasteiger partial charge in [-0.05, 0) is 29.2 Å². The van der Waals surface area contributed by atoms with Crippen LogP contribution in [0.2, 0.25) is 0 Å². The highest BCUT2D eigenvalue weighted by atomic mass is 32.2. The van der Waals surface area contributed by atoms with E-state index in [1.807, 2.05) is 42.5 Å². The molecule has 0 spiro atoms. The van der Waals surface area contributed by atoms with Crippen molar-refractivity contribution in [2.24, 2.45) is 5.92 Å². The lowest BCUT2D eigenvalue weighted by Crippen LogP contribution is -2.41. The van der Waals surface area contributed by atoms with Crippen LogP contribution in [-0.4, -0.2) is 55.1 Å². The Hall–Kier alpha value is -2.45. The van der Waals surface area contributed by atoms with Crippen molar-refractivity contribution < 1.29 is 23.1 Å². The normalized spacial score (nSPS) is 17.6. The van der Waals surface area contributed by atoms with E-state index in [1.54, 1.807) is 0 Å². The van der Waals surface area contributed by atoms with Crippen LogP contribution in [0, 0.1) is 5.92 Å². The van der Waals surface area contributed by atoms with Crippen molar-refractivity contribution >= 4 is 32.7 Å². The molecule has 1 unspecified atom stereocenters. The Morgan fingerprint density at radius 2 is 1.89 bits per heavy atom. The second-order valence-electron chi connectivity index (χ2n) is 6.73.